The SMILES string of the molecule is O=C(NCCCc1nc2c(s1)CCCC2)c1cccc(S(=O)(=O)N2CCCC2)c1. The normalized spacial score (nSPS) is 17.2. The number of sulfonamides is 1. The Labute approximate surface area is 176 Å². The van der Waals surface area contributed by atoms with E-state index in [0.717, 1.165) is 43.5 Å². The molecule has 0 bridgehead atoms. The number of hydrogen-bond donors (Lipinski definition) is 1. The maximum absolute atomic E-state index is 12.7. The van der Waals surface area contributed by atoms with Crippen molar-refractivity contribution in [3.05, 3.63) is 45.4 Å². The van der Waals surface area contributed by atoms with Gasteiger partial charge in [0.25, 0.3) is 5.91 Å². The van der Waals surface area contributed by atoms with Crippen LogP contribution in [0, 0.1) is 0 Å². The van der Waals surface area contributed by atoms with Crippen LogP contribution in [0.4, 0.5) is 0 Å². The molecule has 0 atom stereocenters. The Morgan fingerprint density at radius 2 is 1.93 bits per heavy atom. The number of fused-ring (bicyclic) bond motifs is 1. The highest BCUT2D eigenvalue weighted by Gasteiger charge is 2.27. The van der Waals surface area contributed by atoms with Gasteiger partial charge in [0.15, 0.2) is 0 Å². The minimum Gasteiger partial charge on any atom is -0.352 e. The van der Waals surface area contributed by atoms with Crippen LogP contribution in [-0.4, -0.2) is 43.2 Å². The molecule has 156 valence electrons. The van der Waals surface area contributed by atoms with E-state index in [2.05, 4.69) is 5.32 Å². The van der Waals surface area contributed by atoms with E-state index in [1.807, 2.05) is 11.3 Å². The molecule has 0 radical (unpaired) electrons. The lowest BCUT2D eigenvalue weighted by molar-refractivity contribution is 0.0953. The lowest BCUT2D eigenvalue weighted by atomic mass is 10.0. The standard InChI is InChI=1S/C21H27N3O3S2/c25-21(22-12-6-11-20-23-18-9-1-2-10-19(18)28-20)16-7-5-8-17(15-16)29(26,27)24-13-3-4-14-24/h5,7-8,15H,1-4,6,9-14H2,(H,22,25). The minimum absolute atomic E-state index is 0.195. The average molecular weight is 434 g/mol. The van der Waals surface area contributed by atoms with Gasteiger partial charge in [0.2, 0.25) is 10.0 Å². The predicted octanol–water partition coefficient (Wildman–Crippen LogP) is 3.17. The maximum atomic E-state index is 12.7. The van der Waals surface area contributed by atoms with Crippen LogP contribution in [0.15, 0.2) is 29.2 Å². The second-order valence-corrected chi connectivity index (χ2v) is 10.8. The summed E-state index contributed by atoms with van der Waals surface area (Å²) in [5.74, 6) is -0.234. The fraction of sp³-hybridized carbons (Fsp3) is 0.524. The highest BCUT2D eigenvalue weighted by atomic mass is 32.2. The van der Waals surface area contributed by atoms with Gasteiger partial charge in [-0.2, -0.15) is 4.31 Å². The number of benzene rings is 1. The molecule has 1 aromatic carbocycles. The fourth-order valence-corrected chi connectivity index (χ4v) is 6.69. The van der Waals surface area contributed by atoms with Crippen LogP contribution >= 0.6 is 11.3 Å². The van der Waals surface area contributed by atoms with Crippen molar-refractivity contribution in [2.75, 3.05) is 19.6 Å². The average Bonchev–Trinajstić information content (AvgIpc) is 3.41. The number of hydrogen-bond acceptors (Lipinski definition) is 5. The van der Waals surface area contributed by atoms with Gasteiger partial charge < -0.3 is 5.32 Å². The molecule has 8 heteroatoms. The molecule has 2 aromatic rings. The van der Waals surface area contributed by atoms with Crippen LogP contribution < -0.4 is 5.32 Å². The van der Waals surface area contributed by atoms with E-state index in [1.54, 1.807) is 18.2 Å². The van der Waals surface area contributed by atoms with Crippen LogP contribution in [0.2, 0.25) is 0 Å². The maximum Gasteiger partial charge on any atom is 0.251 e. The molecule has 1 aromatic heterocycles. The Bertz CT molecular complexity index is 955. The third-order valence-corrected chi connectivity index (χ3v) is 8.65. The molecule has 4 rings (SSSR count). The number of rotatable bonds is 7. The molecule has 1 fully saturated rings. The van der Waals surface area contributed by atoms with Crippen molar-refractivity contribution < 1.29 is 13.2 Å². The van der Waals surface area contributed by atoms with Gasteiger partial charge in [0.05, 0.1) is 15.6 Å². The van der Waals surface area contributed by atoms with Crippen molar-refractivity contribution in [3.8, 4) is 0 Å². The Morgan fingerprint density at radius 3 is 2.72 bits per heavy atom. The number of aryl methyl sites for hydroxylation is 3. The van der Waals surface area contributed by atoms with Crippen molar-refractivity contribution in [1.29, 1.82) is 0 Å². The van der Waals surface area contributed by atoms with E-state index in [4.69, 9.17) is 4.98 Å². The Morgan fingerprint density at radius 1 is 1.14 bits per heavy atom. The third kappa shape index (κ3) is 4.70. The number of thiazole rings is 1. The number of nitrogens with one attached hydrogen (secondary N) is 1. The summed E-state index contributed by atoms with van der Waals surface area (Å²) in [6, 6.07) is 6.34. The Hall–Kier alpha value is -1.77. The second kappa shape index (κ2) is 8.93. The number of nitrogens with zero attached hydrogens (tertiary/aromatic N) is 2. The van der Waals surface area contributed by atoms with Crippen molar-refractivity contribution in [2.45, 2.75) is 56.3 Å². The molecular weight excluding hydrogens is 406 g/mol. The van der Waals surface area contributed by atoms with Crippen LogP contribution in [0.25, 0.3) is 0 Å². The van der Waals surface area contributed by atoms with Gasteiger partial charge in [0, 0.05) is 36.5 Å². The quantitative estimate of drug-likeness (QED) is 0.680. The van der Waals surface area contributed by atoms with Gasteiger partial charge in [-0.05, 0) is 63.1 Å². The first-order valence-electron chi connectivity index (χ1n) is 10.4. The van der Waals surface area contributed by atoms with E-state index in [1.165, 1.54) is 33.8 Å². The first-order valence-corrected chi connectivity index (χ1v) is 12.7. The van der Waals surface area contributed by atoms with E-state index in [-0.39, 0.29) is 10.8 Å². The topological polar surface area (TPSA) is 79.4 Å². The summed E-state index contributed by atoms with van der Waals surface area (Å²) in [6.45, 7) is 1.66. The van der Waals surface area contributed by atoms with Gasteiger partial charge >= 0.3 is 0 Å². The molecule has 1 N–H and O–H groups in total. The molecule has 2 heterocycles. The number of amides is 1. The van der Waals surface area contributed by atoms with E-state index < -0.39 is 10.0 Å². The largest absolute Gasteiger partial charge is 0.352 e. The van der Waals surface area contributed by atoms with Crippen molar-refractivity contribution in [1.82, 2.24) is 14.6 Å². The molecule has 2 aliphatic rings. The van der Waals surface area contributed by atoms with E-state index >= 15 is 0 Å². The van der Waals surface area contributed by atoms with Gasteiger partial charge in [-0.1, -0.05) is 6.07 Å². The van der Waals surface area contributed by atoms with Crippen LogP contribution in [0.1, 0.15) is 58.0 Å². The molecule has 0 unspecified atom stereocenters. The lowest BCUT2D eigenvalue weighted by Crippen LogP contribution is -2.29. The number of carbonyl (C=O) groups excluding carboxylic acids is 1. The molecule has 1 aliphatic heterocycles. The zero-order valence-electron chi connectivity index (χ0n) is 16.5. The summed E-state index contributed by atoms with van der Waals surface area (Å²) in [5.41, 5.74) is 1.66. The molecule has 29 heavy (non-hydrogen) atoms. The second-order valence-electron chi connectivity index (χ2n) is 7.68. The summed E-state index contributed by atoms with van der Waals surface area (Å²) in [7, 11) is -3.51. The first kappa shape index (κ1) is 20.5. The number of carbonyl (C=O) groups is 1. The molecule has 1 amide bonds. The highest BCUT2D eigenvalue weighted by Crippen LogP contribution is 2.27. The molecule has 1 aliphatic carbocycles. The molecular formula is C21H27N3O3S2. The smallest absolute Gasteiger partial charge is 0.251 e. The highest BCUT2D eigenvalue weighted by molar-refractivity contribution is 7.89. The monoisotopic (exact) mass is 433 g/mol. The summed E-state index contributed by atoms with van der Waals surface area (Å²) < 4.78 is 26.9. The van der Waals surface area contributed by atoms with Gasteiger partial charge in [-0.3, -0.25) is 4.79 Å². The van der Waals surface area contributed by atoms with Crippen LogP contribution in [0.3, 0.4) is 0 Å². The van der Waals surface area contributed by atoms with Crippen LogP contribution in [0.5, 0.6) is 0 Å². The zero-order valence-corrected chi connectivity index (χ0v) is 18.2. The molecule has 6 nitrogen and oxygen atoms in total. The lowest BCUT2D eigenvalue weighted by Gasteiger charge is -2.16. The van der Waals surface area contributed by atoms with Crippen molar-refractivity contribution in [3.63, 3.8) is 0 Å². The minimum atomic E-state index is -3.51. The van der Waals surface area contributed by atoms with Gasteiger partial charge in [0.1, 0.15) is 0 Å². The fourth-order valence-electron chi connectivity index (χ4n) is 3.93. The summed E-state index contributed by atoms with van der Waals surface area (Å²) in [4.78, 5) is 18.9. The van der Waals surface area contributed by atoms with E-state index in [9.17, 15) is 13.2 Å². The summed E-state index contributed by atoms with van der Waals surface area (Å²) in [6.07, 6.45) is 8.21. The van der Waals surface area contributed by atoms with E-state index in [0.29, 0.717) is 25.2 Å². The Kier molecular flexibility index (Phi) is 6.32. The van der Waals surface area contributed by atoms with Gasteiger partial charge in [-0.25, -0.2) is 13.4 Å². The van der Waals surface area contributed by atoms with Gasteiger partial charge in [-0.15, -0.1) is 11.3 Å². The van der Waals surface area contributed by atoms with Crippen LogP contribution in [-0.2, 0) is 29.3 Å². The third-order valence-electron chi connectivity index (χ3n) is 5.54. The Balaban J connectivity index is 1.31. The van der Waals surface area contributed by atoms with Crippen molar-refractivity contribution in [2.24, 2.45) is 0 Å². The molecule has 0 spiro atoms. The first-order chi connectivity index (χ1) is 14.0. The summed E-state index contributed by atoms with van der Waals surface area (Å²) >= 11 is 1.81. The number of aromatic nitrogens is 1. The predicted molar refractivity (Wildman–Crippen MR) is 114 cm³/mol. The molecule has 0 saturated carbocycles. The molecule has 1 saturated heterocycles. The summed E-state index contributed by atoms with van der Waals surface area (Å²) in [5, 5.41) is 4.07. The zero-order chi connectivity index (χ0) is 20.3. The van der Waals surface area contributed by atoms with Crippen molar-refractivity contribution >= 4 is 27.3 Å².